The molecule has 3 aromatic rings. The molecule has 1 aromatic heterocycles. The van der Waals surface area contributed by atoms with Gasteiger partial charge in [-0.2, -0.15) is 0 Å². The average molecular weight is 308 g/mol. The number of hydrogen-bond acceptors (Lipinski definition) is 3. The van der Waals surface area contributed by atoms with Crippen LogP contribution in [-0.4, -0.2) is 20.9 Å². The second-order valence-corrected chi connectivity index (χ2v) is 5.84. The zero-order valence-electron chi connectivity index (χ0n) is 13.6. The number of benzene rings is 2. The quantitative estimate of drug-likeness (QED) is 0.797. The molecule has 0 saturated carbocycles. The van der Waals surface area contributed by atoms with Crippen molar-refractivity contribution in [3.05, 3.63) is 53.6 Å². The van der Waals surface area contributed by atoms with E-state index in [0.29, 0.717) is 5.56 Å². The number of nitrogens with one attached hydrogen (secondary N) is 1. The number of aryl methyl sites for hydroxylation is 1. The topological polar surface area (TPSA) is 59.8 Å². The van der Waals surface area contributed by atoms with E-state index >= 15 is 0 Å². The number of hydrogen-bond donors (Lipinski definition) is 1. The molecule has 0 aliphatic carbocycles. The van der Waals surface area contributed by atoms with E-state index in [4.69, 9.17) is 0 Å². The SMILES string of the molecule is CCc1ccc(NC(=O)c2ccc3c(c2)nnn3C(C)C)cc1. The van der Waals surface area contributed by atoms with Crippen LogP contribution < -0.4 is 5.32 Å². The van der Waals surface area contributed by atoms with Crippen LogP contribution in [0.5, 0.6) is 0 Å². The van der Waals surface area contributed by atoms with Gasteiger partial charge in [0.2, 0.25) is 0 Å². The van der Waals surface area contributed by atoms with Crippen molar-refractivity contribution in [2.24, 2.45) is 0 Å². The Kier molecular flexibility index (Phi) is 4.10. The maximum atomic E-state index is 12.4. The largest absolute Gasteiger partial charge is 0.322 e. The zero-order valence-corrected chi connectivity index (χ0v) is 13.6. The van der Waals surface area contributed by atoms with Crippen LogP contribution in [0.1, 0.15) is 42.7 Å². The molecule has 1 heterocycles. The smallest absolute Gasteiger partial charge is 0.255 e. The van der Waals surface area contributed by atoms with Gasteiger partial charge in [0, 0.05) is 17.3 Å². The zero-order chi connectivity index (χ0) is 16.4. The standard InChI is InChI=1S/C18H20N4O/c1-4-13-5-8-15(9-6-13)19-18(23)14-7-10-17-16(11-14)20-21-22(17)12(2)3/h5-12H,4H2,1-3H3,(H,19,23). The molecule has 1 N–H and O–H groups in total. The minimum Gasteiger partial charge on any atom is -0.322 e. The summed E-state index contributed by atoms with van der Waals surface area (Å²) < 4.78 is 1.85. The molecule has 2 aromatic carbocycles. The molecule has 0 saturated heterocycles. The van der Waals surface area contributed by atoms with Gasteiger partial charge in [-0.15, -0.1) is 5.10 Å². The molecule has 0 spiro atoms. The van der Waals surface area contributed by atoms with Crippen molar-refractivity contribution in [2.75, 3.05) is 5.32 Å². The van der Waals surface area contributed by atoms with Crippen LogP contribution in [0.15, 0.2) is 42.5 Å². The van der Waals surface area contributed by atoms with Crippen LogP contribution in [0.4, 0.5) is 5.69 Å². The number of nitrogens with zero attached hydrogens (tertiary/aromatic N) is 3. The van der Waals surface area contributed by atoms with Crippen molar-refractivity contribution in [1.82, 2.24) is 15.0 Å². The van der Waals surface area contributed by atoms with Crippen LogP contribution in [0.3, 0.4) is 0 Å². The number of anilines is 1. The summed E-state index contributed by atoms with van der Waals surface area (Å²) in [6, 6.07) is 13.6. The molecule has 118 valence electrons. The summed E-state index contributed by atoms with van der Waals surface area (Å²) >= 11 is 0. The van der Waals surface area contributed by atoms with E-state index < -0.39 is 0 Å². The highest BCUT2D eigenvalue weighted by Gasteiger charge is 2.11. The van der Waals surface area contributed by atoms with Crippen molar-refractivity contribution < 1.29 is 4.79 Å². The summed E-state index contributed by atoms with van der Waals surface area (Å²) in [5, 5.41) is 11.2. The highest BCUT2D eigenvalue weighted by Crippen LogP contribution is 2.18. The number of rotatable bonds is 4. The summed E-state index contributed by atoms with van der Waals surface area (Å²) in [5.74, 6) is -0.143. The summed E-state index contributed by atoms with van der Waals surface area (Å²) in [4.78, 5) is 12.4. The van der Waals surface area contributed by atoms with Crippen molar-refractivity contribution in [1.29, 1.82) is 0 Å². The fourth-order valence-electron chi connectivity index (χ4n) is 2.49. The fraction of sp³-hybridized carbons (Fsp3) is 0.278. The van der Waals surface area contributed by atoms with Crippen molar-refractivity contribution >= 4 is 22.6 Å². The molecule has 0 aliphatic heterocycles. The Bertz CT molecular complexity index is 834. The maximum absolute atomic E-state index is 12.4. The lowest BCUT2D eigenvalue weighted by Crippen LogP contribution is -2.11. The third-order valence-corrected chi connectivity index (χ3v) is 3.84. The van der Waals surface area contributed by atoms with E-state index in [2.05, 4.69) is 36.4 Å². The molecule has 0 fully saturated rings. The second-order valence-electron chi connectivity index (χ2n) is 5.84. The third kappa shape index (κ3) is 3.08. The Morgan fingerprint density at radius 2 is 1.91 bits per heavy atom. The Morgan fingerprint density at radius 1 is 1.17 bits per heavy atom. The first-order valence-corrected chi connectivity index (χ1v) is 7.83. The molecule has 3 rings (SSSR count). The Labute approximate surface area is 135 Å². The molecule has 0 radical (unpaired) electrons. The Morgan fingerprint density at radius 3 is 2.57 bits per heavy atom. The predicted octanol–water partition coefficient (Wildman–Crippen LogP) is 3.83. The van der Waals surface area contributed by atoms with Crippen molar-refractivity contribution in [3.63, 3.8) is 0 Å². The molecular weight excluding hydrogens is 288 g/mol. The van der Waals surface area contributed by atoms with Gasteiger partial charge in [-0.25, -0.2) is 4.68 Å². The van der Waals surface area contributed by atoms with E-state index in [-0.39, 0.29) is 11.9 Å². The van der Waals surface area contributed by atoms with E-state index in [9.17, 15) is 4.79 Å². The van der Waals surface area contributed by atoms with E-state index in [1.165, 1.54) is 5.56 Å². The van der Waals surface area contributed by atoms with E-state index in [1.807, 2.05) is 35.0 Å². The molecule has 0 bridgehead atoms. The van der Waals surface area contributed by atoms with Gasteiger partial charge in [0.1, 0.15) is 5.52 Å². The van der Waals surface area contributed by atoms with Gasteiger partial charge in [0.15, 0.2) is 0 Å². The lowest BCUT2D eigenvalue weighted by atomic mass is 10.1. The van der Waals surface area contributed by atoms with Gasteiger partial charge < -0.3 is 5.32 Å². The van der Waals surface area contributed by atoms with Gasteiger partial charge in [-0.3, -0.25) is 4.79 Å². The number of amides is 1. The van der Waals surface area contributed by atoms with Gasteiger partial charge in [0.25, 0.3) is 5.91 Å². The third-order valence-electron chi connectivity index (χ3n) is 3.84. The molecule has 0 atom stereocenters. The van der Waals surface area contributed by atoms with Gasteiger partial charge in [-0.05, 0) is 56.2 Å². The van der Waals surface area contributed by atoms with Crippen LogP contribution in [0.2, 0.25) is 0 Å². The minimum absolute atomic E-state index is 0.143. The average Bonchev–Trinajstić information content (AvgIpc) is 2.98. The first kappa shape index (κ1) is 15.2. The first-order chi connectivity index (χ1) is 11.1. The number of fused-ring (bicyclic) bond motifs is 1. The molecule has 0 aliphatic rings. The monoisotopic (exact) mass is 308 g/mol. The van der Waals surface area contributed by atoms with Crippen LogP contribution in [-0.2, 0) is 6.42 Å². The summed E-state index contributed by atoms with van der Waals surface area (Å²) in [6.45, 7) is 6.20. The van der Waals surface area contributed by atoms with Gasteiger partial charge >= 0.3 is 0 Å². The van der Waals surface area contributed by atoms with Crippen LogP contribution in [0, 0.1) is 0 Å². The second kappa shape index (κ2) is 6.20. The van der Waals surface area contributed by atoms with Gasteiger partial charge in [-0.1, -0.05) is 24.3 Å². The molecule has 5 heteroatoms. The molecular formula is C18H20N4O. The summed E-state index contributed by atoms with van der Waals surface area (Å²) in [7, 11) is 0. The summed E-state index contributed by atoms with van der Waals surface area (Å²) in [5.41, 5.74) is 4.28. The highest BCUT2D eigenvalue weighted by molar-refractivity contribution is 6.05. The first-order valence-electron chi connectivity index (χ1n) is 7.83. The molecule has 5 nitrogen and oxygen atoms in total. The maximum Gasteiger partial charge on any atom is 0.255 e. The molecule has 0 unspecified atom stereocenters. The van der Waals surface area contributed by atoms with Crippen molar-refractivity contribution in [3.8, 4) is 0 Å². The minimum atomic E-state index is -0.143. The molecule has 23 heavy (non-hydrogen) atoms. The molecule has 1 amide bonds. The van der Waals surface area contributed by atoms with Crippen molar-refractivity contribution in [2.45, 2.75) is 33.2 Å². The normalized spacial score (nSPS) is 11.1. The van der Waals surface area contributed by atoms with E-state index in [0.717, 1.165) is 23.1 Å². The van der Waals surface area contributed by atoms with Crippen LogP contribution in [0.25, 0.3) is 11.0 Å². The number of carbonyl (C=O) groups is 1. The number of aromatic nitrogens is 3. The van der Waals surface area contributed by atoms with Gasteiger partial charge in [0.05, 0.1) is 5.52 Å². The highest BCUT2D eigenvalue weighted by atomic mass is 16.1. The lowest BCUT2D eigenvalue weighted by Gasteiger charge is -2.07. The Hall–Kier alpha value is -2.69. The Balaban J connectivity index is 1.82. The fourth-order valence-corrected chi connectivity index (χ4v) is 2.49. The van der Waals surface area contributed by atoms with Crippen LogP contribution >= 0.6 is 0 Å². The predicted molar refractivity (Wildman–Crippen MR) is 91.7 cm³/mol. The lowest BCUT2D eigenvalue weighted by molar-refractivity contribution is 0.102. The summed E-state index contributed by atoms with van der Waals surface area (Å²) in [6.07, 6.45) is 0.983. The van der Waals surface area contributed by atoms with E-state index in [1.54, 1.807) is 12.1 Å². The number of carbonyl (C=O) groups excluding carboxylic acids is 1.